The molecule has 5 heteroatoms. The smallest absolute Gasteiger partial charge is 0.285 e. The van der Waals surface area contributed by atoms with Crippen LogP contribution in [0.5, 0.6) is 0 Å². The molecule has 0 saturated carbocycles. The topological polar surface area (TPSA) is 43.8 Å². The quantitative estimate of drug-likeness (QED) is 0.865. The lowest BCUT2D eigenvalue weighted by atomic mass is 9.82. The fourth-order valence-electron chi connectivity index (χ4n) is 2.80. The van der Waals surface area contributed by atoms with Gasteiger partial charge in [0.2, 0.25) is 0 Å². The van der Waals surface area contributed by atoms with E-state index in [1.807, 2.05) is 12.1 Å². The highest BCUT2D eigenvalue weighted by Crippen LogP contribution is 2.29. The first-order valence-electron chi connectivity index (χ1n) is 7.73. The second-order valence-electron chi connectivity index (χ2n) is 6.69. The molecule has 1 unspecified atom stereocenters. The van der Waals surface area contributed by atoms with E-state index in [9.17, 15) is 9.90 Å². The molecule has 0 aromatic heterocycles. The predicted octanol–water partition coefficient (Wildman–Crippen LogP) is 3.05. The lowest BCUT2D eigenvalue weighted by Crippen LogP contribution is -2.43. The minimum Gasteiger partial charge on any atom is -0.396 e. The number of hydrogen-bond acceptors (Lipinski definition) is 4. The molecule has 0 aliphatic carbocycles. The number of aliphatic hydroxyl groups excluding tert-OH is 1. The van der Waals surface area contributed by atoms with Crippen molar-refractivity contribution in [1.82, 2.24) is 9.80 Å². The SMILES string of the molecule is CN(C)C(=O)Sc1ccc(CN2CCCC(C)(CO)C2)cc1. The molecule has 1 atom stereocenters. The first-order valence-corrected chi connectivity index (χ1v) is 8.55. The maximum Gasteiger partial charge on any atom is 0.285 e. The minimum atomic E-state index is 0.0339. The van der Waals surface area contributed by atoms with Crippen LogP contribution < -0.4 is 0 Å². The molecule has 122 valence electrons. The summed E-state index contributed by atoms with van der Waals surface area (Å²) in [6.45, 7) is 5.35. The summed E-state index contributed by atoms with van der Waals surface area (Å²) in [5, 5.41) is 9.58. The van der Waals surface area contributed by atoms with Gasteiger partial charge in [0, 0.05) is 44.1 Å². The van der Waals surface area contributed by atoms with Crippen LogP contribution >= 0.6 is 11.8 Å². The van der Waals surface area contributed by atoms with Gasteiger partial charge >= 0.3 is 0 Å². The maximum atomic E-state index is 11.7. The van der Waals surface area contributed by atoms with Crippen molar-refractivity contribution in [2.45, 2.75) is 31.2 Å². The number of piperidine rings is 1. The van der Waals surface area contributed by atoms with Crippen molar-refractivity contribution < 1.29 is 9.90 Å². The summed E-state index contributed by atoms with van der Waals surface area (Å²) in [5.41, 5.74) is 1.29. The molecule has 4 nitrogen and oxygen atoms in total. The molecular weight excluding hydrogens is 296 g/mol. The Balaban J connectivity index is 1.92. The van der Waals surface area contributed by atoms with Crippen LogP contribution in [0.4, 0.5) is 4.79 Å². The van der Waals surface area contributed by atoms with Gasteiger partial charge in [0.1, 0.15) is 0 Å². The number of rotatable bonds is 4. The number of likely N-dealkylation sites (tertiary alicyclic amines) is 1. The summed E-state index contributed by atoms with van der Waals surface area (Å²) in [6.07, 6.45) is 2.24. The van der Waals surface area contributed by atoms with Crippen LogP contribution in [0.2, 0.25) is 0 Å². The van der Waals surface area contributed by atoms with E-state index < -0.39 is 0 Å². The van der Waals surface area contributed by atoms with E-state index in [1.165, 1.54) is 17.3 Å². The summed E-state index contributed by atoms with van der Waals surface area (Å²) >= 11 is 1.25. The lowest BCUT2D eigenvalue weighted by molar-refractivity contribution is 0.0429. The summed E-state index contributed by atoms with van der Waals surface area (Å²) in [7, 11) is 3.52. The summed E-state index contributed by atoms with van der Waals surface area (Å²) in [5.74, 6) is 0. The summed E-state index contributed by atoms with van der Waals surface area (Å²) < 4.78 is 0. The molecule has 1 N–H and O–H groups in total. The van der Waals surface area contributed by atoms with Gasteiger partial charge in [-0.1, -0.05) is 19.1 Å². The van der Waals surface area contributed by atoms with Gasteiger partial charge in [-0.3, -0.25) is 9.69 Å². The third-order valence-corrected chi connectivity index (χ3v) is 5.19. The Labute approximate surface area is 137 Å². The van der Waals surface area contributed by atoms with Gasteiger partial charge < -0.3 is 10.0 Å². The number of amides is 1. The molecule has 1 heterocycles. The second-order valence-corrected chi connectivity index (χ2v) is 7.71. The lowest BCUT2D eigenvalue weighted by Gasteiger charge is -2.39. The zero-order valence-corrected chi connectivity index (χ0v) is 14.5. The molecule has 22 heavy (non-hydrogen) atoms. The molecule has 0 spiro atoms. The average Bonchev–Trinajstić information content (AvgIpc) is 2.49. The van der Waals surface area contributed by atoms with Crippen molar-refractivity contribution in [1.29, 1.82) is 0 Å². The number of carbonyl (C=O) groups excluding carboxylic acids is 1. The molecule has 1 saturated heterocycles. The third-order valence-electron chi connectivity index (χ3n) is 4.14. The Bertz CT molecular complexity index is 504. The highest BCUT2D eigenvalue weighted by Gasteiger charge is 2.30. The van der Waals surface area contributed by atoms with E-state index in [1.54, 1.807) is 19.0 Å². The zero-order valence-electron chi connectivity index (χ0n) is 13.7. The monoisotopic (exact) mass is 322 g/mol. The first kappa shape index (κ1) is 17.3. The number of carbonyl (C=O) groups is 1. The zero-order chi connectivity index (χ0) is 16.2. The fourth-order valence-corrected chi connectivity index (χ4v) is 3.46. The van der Waals surface area contributed by atoms with E-state index in [2.05, 4.69) is 24.0 Å². The van der Waals surface area contributed by atoms with Crippen LogP contribution in [0.15, 0.2) is 29.2 Å². The number of nitrogens with zero attached hydrogens (tertiary/aromatic N) is 2. The van der Waals surface area contributed by atoms with E-state index in [0.717, 1.165) is 37.4 Å². The van der Waals surface area contributed by atoms with Crippen molar-refractivity contribution in [2.75, 3.05) is 33.8 Å². The van der Waals surface area contributed by atoms with Crippen LogP contribution in [0.1, 0.15) is 25.3 Å². The maximum absolute atomic E-state index is 11.7. The highest BCUT2D eigenvalue weighted by molar-refractivity contribution is 8.13. The molecule has 0 radical (unpaired) electrons. The average molecular weight is 322 g/mol. The standard InChI is InChI=1S/C17H26N2O2S/c1-17(13-20)9-4-10-19(12-17)11-14-5-7-15(8-6-14)22-16(21)18(2)3/h5-8,20H,4,9-13H2,1-3H3. The van der Waals surface area contributed by atoms with Gasteiger partial charge in [-0.25, -0.2) is 0 Å². The minimum absolute atomic E-state index is 0.0339. The normalized spacial score (nSPS) is 22.5. The van der Waals surface area contributed by atoms with Gasteiger partial charge in [0.05, 0.1) is 0 Å². The third kappa shape index (κ3) is 4.73. The van der Waals surface area contributed by atoms with Gasteiger partial charge in [-0.2, -0.15) is 0 Å². The Morgan fingerprint density at radius 3 is 2.64 bits per heavy atom. The van der Waals surface area contributed by atoms with E-state index in [-0.39, 0.29) is 17.3 Å². The molecule has 1 aromatic rings. The van der Waals surface area contributed by atoms with Crippen molar-refractivity contribution in [3.05, 3.63) is 29.8 Å². The van der Waals surface area contributed by atoms with Crippen LogP contribution in [0.25, 0.3) is 0 Å². The summed E-state index contributed by atoms with van der Waals surface area (Å²) in [4.78, 5) is 16.6. The van der Waals surface area contributed by atoms with E-state index in [4.69, 9.17) is 0 Å². The molecule has 1 aliphatic rings. The number of hydrogen-bond donors (Lipinski definition) is 1. The molecule has 1 aliphatic heterocycles. The molecule has 2 rings (SSSR count). The van der Waals surface area contributed by atoms with Crippen LogP contribution in [-0.4, -0.2) is 53.9 Å². The Morgan fingerprint density at radius 1 is 1.36 bits per heavy atom. The molecular formula is C17H26N2O2S. The van der Waals surface area contributed by atoms with Crippen molar-refractivity contribution in [3.63, 3.8) is 0 Å². The van der Waals surface area contributed by atoms with Gasteiger partial charge in [0.25, 0.3) is 5.24 Å². The summed E-state index contributed by atoms with van der Waals surface area (Å²) in [6, 6.07) is 8.21. The van der Waals surface area contributed by atoms with E-state index >= 15 is 0 Å². The molecule has 1 fully saturated rings. The van der Waals surface area contributed by atoms with E-state index in [0.29, 0.717) is 0 Å². The van der Waals surface area contributed by atoms with Crippen LogP contribution in [0.3, 0.4) is 0 Å². The van der Waals surface area contributed by atoms with Crippen molar-refractivity contribution in [2.24, 2.45) is 5.41 Å². The van der Waals surface area contributed by atoms with Crippen molar-refractivity contribution >= 4 is 17.0 Å². The fraction of sp³-hybridized carbons (Fsp3) is 0.588. The molecule has 1 amide bonds. The Kier molecular flexibility index (Phi) is 5.89. The Hall–Kier alpha value is -1.04. The largest absolute Gasteiger partial charge is 0.396 e. The number of thioether (sulfide) groups is 1. The first-order chi connectivity index (χ1) is 10.4. The molecule has 0 bridgehead atoms. The van der Waals surface area contributed by atoms with Gasteiger partial charge in [-0.15, -0.1) is 0 Å². The van der Waals surface area contributed by atoms with Gasteiger partial charge in [0.15, 0.2) is 0 Å². The van der Waals surface area contributed by atoms with Gasteiger partial charge in [-0.05, 0) is 48.8 Å². The van der Waals surface area contributed by atoms with Crippen LogP contribution in [0, 0.1) is 5.41 Å². The number of benzene rings is 1. The van der Waals surface area contributed by atoms with Crippen LogP contribution in [-0.2, 0) is 6.54 Å². The predicted molar refractivity (Wildman–Crippen MR) is 91.1 cm³/mol. The highest BCUT2D eigenvalue weighted by atomic mass is 32.2. The molecule has 1 aromatic carbocycles. The Morgan fingerprint density at radius 2 is 2.05 bits per heavy atom. The second kappa shape index (κ2) is 7.49. The van der Waals surface area contributed by atoms with Crippen molar-refractivity contribution in [3.8, 4) is 0 Å². The number of aliphatic hydroxyl groups is 1.